The highest BCUT2D eigenvalue weighted by molar-refractivity contribution is 6.91. The molecule has 0 unspecified atom stereocenters. The van der Waals surface area contributed by atoms with Crippen molar-refractivity contribution >= 4 is 78.2 Å². The molecule has 0 bridgehead atoms. The Morgan fingerprint density at radius 3 is 2.02 bits per heavy atom. The van der Waals surface area contributed by atoms with Crippen LogP contribution in [0.1, 0.15) is 16.7 Å². The molecule has 44 heavy (non-hydrogen) atoms. The molecule has 0 amide bonds. The van der Waals surface area contributed by atoms with Crippen molar-refractivity contribution in [2.24, 2.45) is 0 Å². The van der Waals surface area contributed by atoms with E-state index in [2.05, 4.69) is 151 Å². The fourth-order valence-electron chi connectivity index (χ4n) is 8.61. The smallest absolute Gasteiger partial charge is 0.333 e. The molecule has 1 aromatic heterocycles. The van der Waals surface area contributed by atoms with Gasteiger partial charge in [-0.1, -0.05) is 96.6 Å². The first-order valence-electron chi connectivity index (χ1n) is 15.6. The Bertz CT molecular complexity index is 2530. The Balaban J connectivity index is 1.44. The SMILES string of the molecule is Cc1cc(C)c(N2c3cccc4c3B(c3c2ccc2cc5ccccc5cc32)n2c3ccccc3c3cccc-4c32)c(C)c1. The summed E-state index contributed by atoms with van der Waals surface area (Å²) in [6, 6.07) is 45.7. The zero-order valence-corrected chi connectivity index (χ0v) is 25.0. The van der Waals surface area contributed by atoms with Crippen molar-refractivity contribution in [3.8, 4) is 11.1 Å². The molecule has 0 aliphatic carbocycles. The van der Waals surface area contributed by atoms with Crippen molar-refractivity contribution in [1.82, 2.24) is 4.48 Å². The third-order valence-electron chi connectivity index (χ3n) is 10.2. The molecule has 0 radical (unpaired) electrons. The van der Waals surface area contributed by atoms with Gasteiger partial charge in [0, 0.05) is 38.7 Å². The molecule has 7 aromatic carbocycles. The van der Waals surface area contributed by atoms with E-state index in [4.69, 9.17) is 0 Å². The van der Waals surface area contributed by atoms with Gasteiger partial charge >= 0.3 is 6.85 Å². The molecule has 2 aliphatic rings. The Morgan fingerprint density at radius 1 is 0.500 bits per heavy atom. The van der Waals surface area contributed by atoms with Crippen molar-refractivity contribution in [2.45, 2.75) is 20.8 Å². The number of fused-ring (bicyclic) bond motifs is 10. The molecule has 10 rings (SSSR count). The molecule has 0 saturated heterocycles. The lowest BCUT2D eigenvalue weighted by Crippen LogP contribution is -2.57. The lowest BCUT2D eigenvalue weighted by molar-refractivity contribution is 1.20. The predicted molar refractivity (Wildman–Crippen MR) is 189 cm³/mol. The Hall–Kier alpha value is -5.28. The van der Waals surface area contributed by atoms with Gasteiger partial charge in [0.15, 0.2) is 0 Å². The first kappa shape index (κ1) is 24.2. The van der Waals surface area contributed by atoms with Crippen LogP contribution in [0.2, 0.25) is 0 Å². The van der Waals surface area contributed by atoms with E-state index in [0.717, 1.165) is 0 Å². The highest BCUT2D eigenvalue weighted by atomic mass is 15.2. The third-order valence-corrected chi connectivity index (χ3v) is 10.2. The fourth-order valence-corrected chi connectivity index (χ4v) is 8.61. The molecule has 0 N–H and O–H groups in total. The molecule has 3 heterocycles. The van der Waals surface area contributed by atoms with Gasteiger partial charge in [-0.3, -0.25) is 0 Å². The second-order valence-electron chi connectivity index (χ2n) is 12.7. The van der Waals surface area contributed by atoms with E-state index in [1.165, 1.54) is 99.2 Å². The summed E-state index contributed by atoms with van der Waals surface area (Å²) in [6.07, 6.45) is 0. The topological polar surface area (TPSA) is 8.17 Å². The van der Waals surface area contributed by atoms with Gasteiger partial charge in [-0.2, -0.15) is 0 Å². The van der Waals surface area contributed by atoms with Gasteiger partial charge in [-0.05, 0) is 100 Å². The van der Waals surface area contributed by atoms with Crippen LogP contribution in [0.3, 0.4) is 0 Å². The largest absolute Gasteiger partial charge is 0.375 e. The van der Waals surface area contributed by atoms with Crippen LogP contribution in [0.25, 0.3) is 54.5 Å². The average molecular weight is 561 g/mol. The summed E-state index contributed by atoms with van der Waals surface area (Å²) in [6.45, 7) is 6.78. The van der Waals surface area contributed by atoms with Gasteiger partial charge in [0.25, 0.3) is 0 Å². The first-order valence-corrected chi connectivity index (χ1v) is 15.6. The number of hydrogen-bond acceptors (Lipinski definition) is 1. The van der Waals surface area contributed by atoms with Crippen LogP contribution in [0, 0.1) is 20.8 Å². The number of rotatable bonds is 1. The van der Waals surface area contributed by atoms with E-state index in [0.29, 0.717) is 0 Å². The highest BCUT2D eigenvalue weighted by Crippen LogP contribution is 2.47. The van der Waals surface area contributed by atoms with Crippen LogP contribution in [-0.2, 0) is 0 Å². The van der Waals surface area contributed by atoms with Crippen LogP contribution in [0.4, 0.5) is 17.1 Å². The molecular weight excluding hydrogens is 531 g/mol. The molecule has 0 atom stereocenters. The van der Waals surface area contributed by atoms with Crippen LogP contribution in [0.15, 0.2) is 121 Å². The van der Waals surface area contributed by atoms with Crippen LogP contribution in [-0.4, -0.2) is 11.3 Å². The molecule has 2 aliphatic heterocycles. The second-order valence-corrected chi connectivity index (χ2v) is 12.7. The zero-order chi connectivity index (χ0) is 29.3. The van der Waals surface area contributed by atoms with Crippen molar-refractivity contribution < 1.29 is 0 Å². The standard InChI is InChI=1S/C41H29BN2/c1-24-20-25(2)40(26(3)21-24)43-36-17-9-13-31-33-15-8-14-32-30-12-6-7-16-35(30)44(41(32)33)42(38(31)36)39-34-23-28-11-5-4-10-27(28)22-29(34)18-19-37(39)43/h4-23H,1-3H3. The number of aromatic nitrogens is 1. The summed E-state index contributed by atoms with van der Waals surface area (Å²) in [7, 11) is 0. The number of nitrogens with zero attached hydrogens (tertiary/aromatic N) is 2. The summed E-state index contributed by atoms with van der Waals surface area (Å²) >= 11 is 0. The zero-order valence-electron chi connectivity index (χ0n) is 25.0. The van der Waals surface area contributed by atoms with Crippen molar-refractivity contribution in [3.63, 3.8) is 0 Å². The van der Waals surface area contributed by atoms with E-state index in [1.807, 2.05) is 0 Å². The van der Waals surface area contributed by atoms with Gasteiger partial charge < -0.3 is 9.38 Å². The lowest BCUT2D eigenvalue weighted by atomic mass is 9.44. The van der Waals surface area contributed by atoms with Gasteiger partial charge in [0.1, 0.15) is 0 Å². The Labute approximate surface area is 256 Å². The molecule has 206 valence electrons. The maximum atomic E-state index is 2.66. The van der Waals surface area contributed by atoms with E-state index in [1.54, 1.807) is 0 Å². The summed E-state index contributed by atoms with van der Waals surface area (Å²) in [5.41, 5.74) is 15.8. The first-order chi connectivity index (χ1) is 21.6. The van der Waals surface area contributed by atoms with Crippen molar-refractivity contribution in [2.75, 3.05) is 4.90 Å². The number of anilines is 3. The van der Waals surface area contributed by atoms with Crippen LogP contribution < -0.4 is 15.8 Å². The minimum atomic E-state index is 0.0423. The highest BCUT2D eigenvalue weighted by Gasteiger charge is 2.43. The average Bonchev–Trinajstić information content (AvgIpc) is 3.37. The Kier molecular flexibility index (Phi) is 4.63. The number of para-hydroxylation sites is 2. The molecule has 0 fully saturated rings. The third kappa shape index (κ3) is 2.97. The number of aryl methyl sites for hydroxylation is 3. The molecule has 0 saturated carbocycles. The minimum Gasteiger partial charge on any atom is -0.375 e. The van der Waals surface area contributed by atoms with Crippen LogP contribution in [0.5, 0.6) is 0 Å². The molecule has 8 aromatic rings. The number of benzene rings is 7. The molecule has 3 heteroatoms. The molecular formula is C41H29BN2. The minimum absolute atomic E-state index is 0.0423. The quantitative estimate of drug-likeness (QED) is 0.143. The summed E-state index contributed by atoms with van der Waals surface area (Å²) in [5.74, 6) is 0. The lowest BCUT2D eigenvalue weighted by Gasteiger charge is -2.42. The summed E-state index contributed by atoms with van der Waals surface area (Å²) in [5, 5.41) is 7.81. The predicted octanol–water partition coefficient (Wildman–Crippen LogP) is 9.44. The van der Waals surface area contributed by atoms with Crippen molar-refractivity contribution in [1.29, 1.82) is 0 Å². The monoisotopic (exact) mass is 560 g/mol. The van der Waals surface area contributed by atoms with Gasteiger partial charge in [-0.15, -0.1) is 0 Å². The molecule has 0 spiro atoms. The summed E-state index contributed by atoms with van der Waals surface area (Å²) < 4.78 is 2.66. The molecule has 2 nitrogen and oxygen atoms in total. The number of hydrogen-bond donors (Lipinski definition) is 0. The fraction of sp³-hybridized carbons (Fsp3) is 0.0732. The van der Waals surface area contributed by atoms with Gasteiger partial charge in [-0.25, -0.2) is 0 Å². The van der Waals surface area contributed by atoms with Crippen molar-refractivity contribution in [3.05, 3.63) is 138 Å². The summed E-state index contributed by atoms with van der Waals surface area (Å²) in [4.78, 5) is 2.57. The maximum absolute atomic E-state index is 2.66. The van der Waals surface area contributed by atoms with E-state index < -0.39 is 0 Å². The second kappa shape index (κ2) is 8.42. The maximum Gasteiger partial charge on any atom is 0.333 e. The Morgan fingerprint density at radius 2 is 1.18 bits per heavy atom. The van der Waals surface area contributed by atoms with Gasteiger partial charge in [0.2, 0.25) is 0 Å². The van der Waals surface area contributed by atoms with Gasteiger partial charge in [0.05, 0.1) is 5.69 Å². The normalized spacial score (nSPS) is 13.2. The van der Waals surface area contributed by atoms with E-state index in [9.17, 15) is 0 Å². The van der Waals surface area contributed by atoms with E-state index >= 15 is 0 Å². The van der Waals surface area contributed by atoms with Crippen LogP contribution >= 0.6 is 0 Å². The van der Waals surface area contributed by atoms with E-state index in [-0.39, 0.29) is 6.85 Å².